The van der Waals surface area contributed by atoms with E-state index in [1.165, 1.54) is 23.1 Å². The van der Waals surface area contributed by atoms with Crippen LogP contribution < -0.4 is 5.32 Å². The van der Waals surface area contributed by atoms with Crippen LogP contribution in [0.15, 0.2) is 149 Å². The smallest absolute Gasteiger partial charge is 0.335 e. The lowest BCUT2D eigenvalue weighted by molar-refractivity contribution is -0.126. The van der Waals surface area contributed by atoms with E-state index in [0.29, 0.717) is 17.0 Å². The molecule has 4 aromatic rings. The van der Waals surface area contributed by atoms with Gasteiger partial charge in [0.2, 0.25) is 5.91 Å². The molecule has 0 aliphatic carbocycles. The van der Waals surface area contributed by atoms with Crippen molar-refractivity contribution in [1.29, 1.82) is 0 Å². The number of carbonyl (C=O) groups excluding carboxylic acids is 3. The molecule has 0 spiro atoms. The standard InChI is InChI=1S/C38H31N3O6S/c1-3-5-16-29(4-2)41-36(44)31(23-30-21-22-32(47-30)25-17-19-28(20-18-25)37(45)46)35(43)40-38(41)48-24-33(42)39-34(26-12-8-6-9-13-26)27-14-10-7-11-15-27/h3-23,34H,1,24H2,2H3,(H,39,42)(H,45,46)/b16-5-,29-4+,31-23+. The van der Waals surface area contributed by atoms with Crippen LogP contribution in [0, 0.1) is 0 Å². The molecule has 48 heavy (non-hydrogen) atoms. The van der Waals surface area contributed by atoms with Crippen LogP contribution in [0.5, 0.6) is 0 Å². The van der Waals surface area contributed by atoms with Crippen LogP contribution in [0.25, 0.3) is 17.4 Å². The predicted octanol–water partition coefficient (Wildman–Crippen LogP) is 7.04. The summed E-state index contributed by atoms with van der Waals surface area (Å²) >= 11 is 0.973. The van der Waals surface area contributed by atoms with Gasteiger partial charge in [-0.05, 0) is 54.5 Å². The Kier molecular flexibility index (Phi) is 10.8. The van der Waals surface area contributed by atoms with Crippen molar-refractivity contribution in [3.05, 3.63) is 162 Å². The van der Waals surface area contributed by atoms with Crippen LogP contribution in [-0.2, 0) is 14.4 Å². The maximum absolute atomic E-state index is 13.9. The first kappa shape index (κ1) is 33.4. The Morgan fingerprint density at radius 3 is 2.19 bits per heavy atom. The third-order valence-corrected chi connectivity index (χ3v) is 8.18. The summed E-state index contributed by atoms with van der Waals surface area (Å²) in [5.41, 5.74) is 2.76. The summed E-state index contributed by atoms with van der Waals surface area (Å²) in [6.07, 6.45) is 7.86. The number of rotatable bonds is 11. The molecule has 0 saturated heterocycles. The molecule has 2 heterocycles. The third-order valence-electron chi connectivity index (χ3n) is 7.24. The van der Waals surface area contributed by atoms with Gasteiger partial charge in [-0.25, -0.2) is 4.79 Å². The minimum absolute atomic E-state index is 0.0498. The average molecular weight is 658 g/mol. The lowest BCUT2D eigenvalue weighted by Gasteiger charge is -2.28. The fourth-order valence-corrected chi connectivity index (χ4v) is 5.71. The number of thioether (sulfide) groups is 1. The van der Waals surface area contributed by atoms with E-state index in [9.17, 15) is 19.2 Å². The number of hydrogen-bond donors (Lipinski definition) is 2. The molecular formula is C38H31N3O6S. The summed E-state index contributed by atoms with van der Waals surface area (Å²) in [7, 11) is 0. The molecule has 1 aromatic heterocycles. The number of nitrogens with zero attached hydrogens (tertiary/aromatic N) is 2. The molecule has 0 bridgehead atoms. The molecule has 0 saturated carbocycles. The Morgan fingerprint density at radius 2 is 1.60 bits per heavy atom. The zero-order chi connectivity index (χ0) is 34.0. The van der Waals surface area contributed by atoms with Crippen LogP contribution in [0.3, 0.4) is 0 Å². The van der Waals surface area contributed by atoms with Crippen LogP contribution >= 0.6 is 11.8 Å². The summed E-state index contributed by atoms with van der Waals surface area (Å²) in [5, 5.41) is 12.3. The topological polar surface area (TPSA) is 129 Å². The number of hydrogen-bond acceptors (Lipinski definition) is 6. The predicted molar refractivity (Wildman–Crippen MR) is 187 cm³/mol. The molecule has 0 unspecified atom stereocenters. The fourth-order valence-electron chi connectivity index (χ4n) is 4.90. The van der Waals surface area contributed by atoms with Crippen molar-refractivity contribution in [2.24, 2.45) is 4.99 Å². The third kappa shape index (κ3) is 7.86. The lowest BCUT2D eigenvalue weighted by Crippen LogP contribution is -2.42. The Hall–Kier alpha value is -6.00. The van der Waals surface area contributed by atoms with E-state index in [1.807, 2.05) is 60.7 Å². The van der Waals surface area contributed by atoms with Gasteiger partial charge in [-0.15, -0.1) is 0 Å². The monoisotopic (exact) mass is 657 g/mol. The molecule has 0 fully saturated rings. The summed E-state index contributed by atoms with van der Waals surface area (Å²) in [4.78, 5) is 57.3. The number of benzene rings is 3. The van der Waals surface area contributed by atoms with Gasteiger partial charge < -0.3 is 14.8 Å². The Bertz CT molecular complexity index is 1920. The van der Waals surface area contributed by atoms with Gasteiger partial charge in [0, 0.05) is 11.3 Å². The highest BCUT2D eigenvalue weighted by Gasteiger charge is 2.35. The van der Waals surface area contributed by atoms with Gasteiger partial charge in [0.05, 0.1) is 17.4 Å². The minimum Gasteiger partial charge on any atom is -0.478 e. The van der Waals surface area contributed by atoms with Crippen molar-refractivity contribution in [1.82, 2.24) is 10.2 Å². The second-order valence-corrected chi connectivity index (χ2v) is 11.3. The molecule has 3 amide bonds. The normalized spacial score (nSPS) is 14.5. The Morgan fingerprint density at radius 1 is 0.958 bits per heavy atom. The number of carboxylic acids is 1. The van der Waals surface area contributed by atoms with E-state index in [0.717, 1.165) is 22.9 Å². The molecule has 0 radical (unpaired) electrons. The summed E-state index contributed by atoms with van der Waals surface area (Å²) < 4.78 is 5.88. The molecule has 3 aromatic carbocycles. The van der Waals surface area contributed by atoms with Crippen molar-refractivity contribution in [2.45, 2.75) is 13.0 Å². The number of carboxylic acid groups (broad SMARTS) is 1. The highest BCUT2D eigenvalue weighted by Crippen LogP contribution is 2.29. The molecule has 10 heteroatoms. The van der Waals surface area contributed by atoms with Crippen molar-refractivity contribution in [3.63, 3.8) is 0 Å². The fraction of sp³-hybridized carbons (Fsp3) is 0.0789. The van der Waals surface area contributed by atoms with Gasteiger partial charge in [0.1, 0.15) is 17.1 Å². The second kappa shape index (κ2) is 15.5. The maximum Gasteiger partial charge on any atom is 0.335 e. The van der Waals surface area contributed by atoms with Crippen LogP contribution in [0.1, 0.15) is 40.2 Å². The van der Waals surface area contributed by atoms with Gasteiger partial charge in [0.25, 0.3) is 11.8 Å². The largest absolute Gasteiger partial charge is 0.478 e. The zero-order valence-corrected chi connectivity index (χ0v) is 26.7. The summed E-state index contributed by atoms with van der Waals surface area (Å²) in [6.45, 7) is 5.44. The van der Waals surface area contributed by atoms with Crippen molar-refractivity contribution >= 4 is 46.7 Å². The molecule has 0 atom stereocenters. The van der Waals surface area contributed by atoms with Gasteiger partial charge in [0.15, 0.2) is 5.17 Å². The van der Waals surface area contributed by atoms with E-state index in [1.54, 1.807) is 55.5 Å². The lowest BCUT2D eigenvalue weighted by atomic mass is 9.99. The number of carbonyl (C=O) groups is 4. The zero-order valence-electron chi connectivity index (χ0n) is 25.9. The first-order chi connectivity index (χ1) is 23.3. The Balaban J connectivity index is 1.40. The van der Waals surface area contributed by atoms with Crippen LogP contribution in [0.4, 0.5) is 0 Å². The van der Waals surface area contributed by atoms with Crippen molar-refractivity contribution < 1.29 is 28.7 Å². The SMILES string of the molecule is C=C/C=C\C(=C/C)N1C(=O)/C(=C/c2ccc(-c3ccc(C(=O)O)cc3)o2)C(=O)N=C1SCC(=O)NC(c1ccccc1)c1ccccc1. The number of amidine groups is 1. The number of allylic oxidation sites excluding steroid dienone is 4. The van der Waals surface area contributed by atoms with Gasteiger partial charge >= 0.3 is 5.97 Å². The van der Waals surface area contributed by atoms with Gasteiger partial charge in [-0.3, -0.25) is 19.3 Å². The first-order valence-corrected chi connectivity index (χ1v) is 15.9. The number of aliphatic imine (C=N–C) groups is 1. The van der Waals surface area contributed by atoms with Crippen molar-refractivity contribution in [2.75, 3.05) is 5.75 Å². The van der Waals surface area contributed by atoms with Crippen LogP contribution in [-0.4, -0.2) is 44.6 Å². The molecule has 1 aliphatic heterocycles. The highest BCUT2D eigenvalue weighted by atomic mass is 32.2. The molecular weight excluding hydrogens is 626 g/mol. The van der Waals surface area contributed by atoms with E-state index in [-0.39, 0.29) is 33.7 Å². The molecule has 2 N–H and O–H groups in total. The van der Waals surface area contributed by atoms with E-state index < -0.39 is 23.8 Å². The maximum atomic E-state index is 13.9. The second-order valence-electron chi connectivity index (χ2n) is 10.4. The van der Waals surface area contributed by atoms with Crippen molar-refractivity contribution in [3.8, 4) is 11.3 Å². The van der Waals surface area contributed by atoms with E-state index in [2.05, 4.69) is 16.9 Å². The number of nitrogens with one attached hydrogen (secondary N) is 1. The van der Waals surface area contributed by atoms with Crippen LogP contribution in [0.2, 0.25) is 0 Å². The number of furan rings is 1. The van der Waals surface area contributed by atoms with E-state index >= 15 is 0 Å². The average Bonchev–Trinajstić information content (AvgIpc) is 3.58. The molecule has 5 rings (SSSR count). The molecule has 1 aliphatic rings. The molecule has 240 valence electrons. The summed E-state index contributed by atoms with van der Waals surface area (Å²) in [5.74, 6) is -2.25. The Labute approximate surface area is 281 Å². The number of amides is 3. The quantitative estimate of drug-likeness (QED) is 0.101. The first-order valence-electron chi connectivity index (χ1n) is 14.9. The summed E-state index contributed by atoms with van der Waals surface area (Å²) in [6, 6.07) is 28.1. The molecule has 9 nitrogen and oxygen atoms in total. The minimum atomic E-state index is -1.05. The highest BCUT2D eigenvalue weighted by molar-refractivity contribution is 8.14. The van der Waals surface area contributed by atoms with Gasteiger partial charge in [-0.2, -0.15) is 4.99 Å². The number of aromatic carboxylic acids is 1. The van der Waals surface area contributed by atoms with E-state index in [4.69, 9.17) is 9.52 Å². The van der Waals surface area contributed by atoms with Gasteiger partial charge in [-0.1, -0.05) is 109 Å².